The van der Waals surface area contributed by atoms with Crippen LogP contribution in [-0.4, -0.2) is 16.6 Å². The SMILES string of the molecule is C=CCn1c(-c2cccc([N+](=O)[O-])c2)csc1=Nc1ccccc1OC. The van der Waals surface area contributed by atoms with Gasteiger partial charge < -0.3 is 9.30 Å². The number of non-ortho nitro benzene ring substituents is 1. The molecule has 3 rings (SSSR count). The molecule has 1 heterocycles. The predicted octanol–water partition coefficient (Wildman–Crippen LogP) is 4.55. The number of ether oxygens (including phenoxy) is 1. The first-order valence-electron chi connectivity index (χ1n) is 7.86. The maximum absolute atomic E-state index is 11.1. The van der Waals surface area contributed by atoms with Gasteiger partial charge in [0.05, 0.1) is 17.7 Å². The van der Waals surface area contributed by atoms with Crippen LogP contribution in [0.4, 0.5) is 11.4 Å². The number of thiazole rings is 1. The first-order chi connectivity index (χ1) is 12.6. The van der Waals surface area contributed by atoms with E-state index in [0.717, 1.165) is 21.7 Å². The van der Waals surface area contributed by atoms with Crippen LogP contribution in [0.5, 0.6) is 5.75 Å². The highest BCUT2D eigenvalue weighted by atomic mass is 32.1. The molecule has 6 nitrogen and oxygen atoms in total. The van der Waals surface area contributed by atoms with E-state index in [1.54, 1.807) is 25.3 Å². The van der Waals surface area contributed by atoms with E-state index in [0.29, 0.717) is 12.3 Å². The number of nitro benzene ring substituents is 1. The summed E-state index contributed by atoms with van der Waals surface area (Å²) in [6.45, 7) is 4.34. The first kappa shape index (κ1) is 17.6. The van der Waals surface area contributed by atoms with E-state index >= 15 is 0 Å². The molecule has 0 bridgehead atoms. The molecule has 26 heavy (non-hydrogen) atoms. The molecular formula is C19H17N3O3S. The Kier molecular flexibility index (Phi) is 5.28. The molecule has 0 spiro atoms. The largest absolute Gasteiger partial charge is 0.494 e. The molecule has 0 aliphatic carbocycles. The van der Waals surface area contributed by atoms with Crippen molar-refractivity contribution in [2.75, 3.05) is 7.11 Å². The van der Waals surface area contributed by atoms with Gasteiger partial charge in [-0.25, -0.2) is 4.99 Å². The van der Waals surface area contributed by atoms with Crippen LogP contribution >= 0.6 is 11.3 Å². The third-order valence-electron chi connectivity index (χ3n) is 3.76. The number of rotatable bonds is 6. The molecule has 2 aromatic carbocycles. The molecule has 0 N–H and O–H groups in total. The zero-order valence-corrected chi connectivity index (χ0v) is 15.0. The molecule has 0 atom stereocenters. The number of para-hydroxylation sites is 2. The molecule has 0 fully saturated rings. The Hall–Kier alpha value is -3.19. The molecule has 0 saturated carbocycles. The Bertz CT molecular complexity index is 1020. The lowest BCUT2D eigenvalue weighted by molar-refractivity contribution is -0.384. The molecule has 0 radical (unpaired) electrons. The predicted molar refractivity (Wildman–Crippen MR) is 103 cm³/mol. The van der Waals surface area contributed by atoms with Crippen molar-refractivity contribution in [1.82, 2.24) is 4.57 Å². The van der Waals surface area contributed by atoms with Gasteiger partial charge in [-0.1, -0.05) is 30.3 Å². The summed E-state index contributed by atoms with van der Waals surface area (Å²) in [6.07, 6.45) is 1.77. The Morgan fingerprint density at radius 2 is 2.12 bits per heavy atom. The summed E-state index contributed by atoms with van der Waals surface area (Å²) in [6, 6.07) is 14.1. The van der Waals surface area contributed by atoms with E-state index in [-0.39, 0.29) is 5.69 Å². The molecular weight excluding hydrogens is 350 g/mol. The average molecular weight is 367 g/mol. The number of nitro groups is 1. The number of allylic oxidation sites excluding steroid dienone is 1. The van der Waals surface area contributed by atoms with Gasteiger partial charge in [-0.3, -0.25) is 10.1 Å². The second-order valence-electron chi connectivity index (χ2n) is 5.39. The standard InChI is InChI=1S/C19H17N3O3S/c1-3-11-21-17(14-7-6-8-15(12-14)22(23)24)13-26-19(21)20-16-9-4-5-10-18(16)25-2/h3-10,12-13H,1,11H2,2H3. The molecule has 132 valence electrons. The zero-order chi connectivity index (χ0) is 18.5. The fourth-order valence-electron chi connectivity index (χ4n) is 2.56. The van der Waals surface area contributed by atoms with Gasteiger partial charge in [0.1, 0.15) is 11.4 Å². The van der Waals surface area contributed by atoms with Crippen molar-refractivity contribution in [1.29, 1.82) is 0 Å². The monoisotopic (exact) mass is 367 g/mol. The number of nitrogens with zero attached hydrogens (tertiary/aromatic N) is 3. The Morgan fingerprint density at radius 1 is 1.31 bits per heavy atom. The van der Waals surface area contributed by atoms with E-state index in [1.807, 2.05) is 40.3 Å². The van der Waals surface area contributed by atoms with Crippen LogP contribution in [0.1, 0.15) is 0 Å². The summed E-state index contributed by atoms with van der Waals surface area (Å²) in [5.74, 6) is 0.683. The van der Waals surface area contributed by atoms with Crippen molar-refractivity contribution >= 4 is 22.7 Å². The Labute approximate surface area is 154 Å². The van der Waals surface area contributed by atoms with Crippen LogP contribution in [0.25, 0.3) is 11.3 Å². The summed E-state index contributed by atoms with van der Waals surface area (Å²) >= 11 is 1.46. The summed E-state index contributed by atoms with van der Waals surface area (Å²) in [5, 5.41) is 13.0. The van der Waals surface area contributed by atoms with Crippen LogP contribution in [0.2, 0.25) is 0 Å². The van der Waals surface area contributed by atoms with E-state index in [2.05, 4.69) is 6.58 Å². The molecule has 0 unspecified atom stereocenters. The van der Waals surface area contributed by atoms with Gasteiger partial charge in [0.25, 0.3) is 5.69 Å². The summed E-state index contributed by atoms with van der Waals surface area (Å²) < 4.78 is 7.33. The lowest BCUT2D eigenvalue weighted by atomic mass is 10.1. The third-order valence-corrected chi connectivity index (χ3v) is 4.63. The topological polar surface area (TPSA) is 69.7 Å². The smallest absolute Gasteiger partial charge is 0.270 e. The van der Waals surface area contributed by atoms with Crippen LogP contribution in [0.15, 0.2) is 71.6 Å². The Morgan fingerprint density at radius 3 is 2.85 bits per heavy atom. The van der Waals surface area contributed by atoms with Crippen molar-refractivity contribution in [3.8, 4) is 17.0 Å². The highest BCUT2D eigenvalue weighted by molar-refractivity contribution is 7.07. The van der Waals surface area contributed by atoms with E-state index in [1.165, 1.54) is 17.4 Å². The van der Waals surface area contributed by atoms with Crippen molar-refractivity contribution < 1.29 is 9.66 Å². The maximum atomic E-state index is 11.1. The van der Waals surface area contributed by atoms with Gasteiger partial charge in [0.15, 0.2) is 4.80 Å². The average Bonchev–Trinajstić information content (AvgIpc) is 3.05. The molecule has 7 heteroatoms. The minimum Gasteiger partial charge on any atom is -0.494 e. The third kappa shape index (κ3) is 3.57. The maximum Gasteiger partial charge on any atom is 0.270 e. The van der Waals surface area contributed by atoms with Crippen molar-refractivity contribution in [3.05, 3.63) is 81.5 Å². The molecule has 0 saturated heterocycles. The molecule has 0 aliphatic heterocycles. The van der Waals surface area contributed by atoms with E-state index < -0.39 is 4.92 Å². The Balaban J connectivity index is 2.15. The van der Waals surface area contributed by atoms with Crippen molar-refractivity contribution in [2.24, 2.45) is 4.99 Å². The minimum atomic E-state index is -0.395. The van der Waals surface area contributed by atoms with Gasteiger partial charge in [-0.2, -0.15) is 0 Å². The summed E-state index contributed by atoms with van der Waals surface area (Å²) in [5.41, 5.74) is 2.40. The first-order valence-corrected chi connectivity index (χ1v) is 8.74. The van der Waals surface area contributed by atoms with Gasteiger partial charge in [0, 0.05) is 29.6 Å². The molecule has 0 aliphatic rings. The van der Waals surface area contributed by atoms with Gasteiger partial charge in [-0.15, -0.1) is 17.9 Å². The van der Waals surface area contributed by atoms with Crippen LogP contribution < -0.4 is 9.54 Å². The second-order valence-corrected chi connectivity index (χ2v) is 6.23. The quantitative estimate of drug-likeness (QED) is 0.364. The summed E-state index contributed by atoms with van der Waals surface area (Å²) in [4.78, 5) is 16.1. The fourth-order valence-corrected chi connectivity index (χ4v) is 3.49. The van der Waals surface area contributed by atoms with Crippen LogP contribution in [-0.2, 0) is 6.54 Å². The van der Waals surface area contributed by atoms with Crippen molar-refractivity contribution in [3.63, 3.8) is 0 Å². The lowest BCUT2D eigenvalue weighted by Gasteiger charge is -2.07. The van der Waals surface area contributed by atoms with E-state index in [4.69, 9.17) is 9.73 Å². The minimum absolute atomic E-state index is 0.0575. The van der Waals surface area contributed by atoms with Gasteiger partial charge >= 0.3 is 0 Å². The number of methoxy groups -OCH3 is 1. The van der Waals surface area contributed by atoms with Crippen LogP contribution in [0, 0.1) is 10.1 Å². The number of hydrogen-bond acceptors (Lipinski definition) is 5. The molecule has 3 aromatic rings. The molecule has 1 aromatic heterocycles. The van der Waals surface area contributed by atoms with Crippen LogP contribution in [0.3, 0.4) is 0 Å². The number of aromatic nitrogens is 1. The normalized spacial score (nSPS) is 11.3. The van der Waals surface area contributed by atoms with E-state index in [9.17, 15) is 10.1 Å². The highest BCUT2D eigenvalue weighted by Gasteiger charge is 2.12. The zero-order valence-electron chi connectivity index (χ0n) is 14.2. The number of benzene rings is 2. The summed E-state index contributed by atoms with van der Waals surface area (Å²) in [7, 11) is 1.61. The second kappa shape index (κ2) is 7.79. The van der Waals surface area contributed by atoms with Gasteiger partial charge in [0.2, 0.25) is 0 Å². The fraction of sp³-hybridized carbons (Fsp3) is 0.105. The highest BCUT2D eigenvalue weighted by Crippen LogP contribution is 2.27. The lowest BCUT2D eigenvalue weighted by Crippen LogP contribution is -2.14. The number of hydrogen-bond donors (Lipinski definition) is 0. The van der Waals surface area contributed by atoms with Crippen molar-refractivity contribution in [2.45, 2.75) is 6.54 Å². The molecule has 0 amide bonds. The van der Waals surface area contributed by atoms with Gasteiger partial charge in [-0.05, 0) is 12.1 Å².